The molecule has 0 aliphatic rings. The average molecular weight is 223 g/mol. The number of alkyl halides is 5. The second kappa shape index (κ2) is 4.10. The maximum atomic E-state index is 11.8. The average Bonchev–Trinajstić information content (AvgIpc) is 1.85. The third-order valence-electron chi connectivity index (χ3n) is 0.771. The van der Waals surface area contributed by atoms with Crippen molar-refractivity contribution >= 4 is 29.0 Å². The molecule has 0 spiro atoms. The minimum absolute atomic E-state index is 0. The molecule has 0 aliphatic heterocycles. The van der Waals surface area contributed by atoms with E-state index in [0.717, 1.165) is 0 Å². The zero-order valence-electron chi connectivity index (χ0n) is 5.10. The van der Waals surface area contributed by atoms with Gasteiger partial charge in [-0.1, -0.05) is 0 Å². The Labute approximate surface area is 81.5 Å². The van der Waals surface area contributed by atoms with E-state index < -0.39 is 21.5 Å². The second-order valence-corrected chi connectivity index (χ2v) is 3.18. The van der Waals surface area contributed by atoms with Crippen molar-refractivity contribution in [3.05, 3.63) is 0 Å². The molecule has 11 heteroatoms. The van der Waals surface area contributed by atoms with Crippen molar-refractivity contribution in [3.63, 3.8) is 0 Å². The third kappa shape index (κ3) is 2.78. The van der Waals surface area contributed by atoms with Crippen LogP contribution in [-0.4, -0.2) is 38.7 Å². The topological polar surface area (TPSA) is 69.4 Å². The quantitative estimate of drug-likeness (QED) is 0.397. The van der Waals surface area contributed by atoms with Crippen LogP contribution in [-0.2, 0) is 14.4 Å². The minimum atomic E-state index is -6.24. The van der Waals surface area contributed by atoms with Crippen molar-refractivity contribution < 1.29 is 34.7 Å². The zero-order valence-corrected chi connectivity index (χ0v) is 5.92. The van der Waals surface area contributed by atoms with E-state index in [9.17, 15) is 30.4 Å². The Bertz CT molecular complexity index is 259. The molecular formula is C2H3F5LiNO3S. The molecule has 0 heterocycles. The molecule has 0 fully saturated rings. The van der Waals surface area contributed by atoms with Gasteiger partial charge in [0.25, 0.3) is 0 Å². The van der Waals surface area contributed by atoms with Gasteiger partial charge >= 0.3 is 40.4 Å². The molecule has 0 rings (SSSR count). The molecule has 0 amide bonds. The maximum absolute atomic E-state index is 11.8. The molecule has 0 radical (unpaired) electrons. The van der Waals surface area contributed by atoms with Crippen molar-refractivity contribution in [2.24, 2.45) is 5.90 Å². The van der Waals surface area contributed by atoms with Gasteiger partial charge in [-0.05, 0) is 0 Å². The summed E-state index contributed by atoms with van der Waals surface area (Å²) in [5, 5.41) is -5.99. The molecule has 0 aromatic heterocycles. The van der Waals surface area contributed by atoms with Gasteiger partial charge in [0.2, 0.25) is 0 Å². The predicted molar refractivity (Wildman–Crippen MR) is 32.3 cm³/mol. The molecule has 2 N–H and O–H groups in total. The van der Waals surface area contributed by atoms with Crippen molar-refractivity contribution in [1.29, 1.82) is 0 Å². The van der Waals surface area contributed by atoms with Gasteiger partial charge in [-0.2, -0.15) is 40.6 Å². The molecule has 0 aromatic rings. The molecule has 0 aromatic carbocycles. The Morgan fingerprint density at radius 2 is 1.38 bits per heavy atom. The van der Waals surface area contributed by atoms with E-state index in [1.807, 2.05) is 0 Å². The first-order valence-electron chi connectivity index (χ1n) is 2.13. The van der Waals surface area contributed by atoms with E-state index >= 15 is 0 Å². The monoisotopic (exact) mass is 223 g/mol. The normalized spacial score (nSPS) is 13.7. The van der Waals surface area contributed by atoms with Crippen LogP contribution in [0, 0.1) is 0 Å². The standard InChI is InChI=1S/C2H2F5NO3S.Li.H/c3-1(4,5)2(6,7)12(9,10)11-8;;/h8H2;;. The fraction of sp³-hybridized carbons (Fsp3) is 1.00. The molecule has 0 saturated carbocycles. The second-order valence-electron chi connectivity index (χ2n) is 1.56. The Hall–Kier alpha value is 0.117. The van der Waals surface area contributed by atoms with Gasteiger partial charge in [0.15, 0.2) is 0 Å². The van der Waals surface area contributed by atoms with Crippen molar-refractivity contribution in [2.75, 3.05) is 0 Å². The van der Waals surface area contributed by atoms with Crippen LogP contribution in [0.25, 0.3) is 0 Å². The van der Waals surface area contributed by atoms with Crippen molar-refractivity contribution in [1.82, 2.24) is 0 Å². The summed E-state index contributed by atoms with van der Waals surface area (Å²) in [6.07, 6.45) is -6.24. The van der Waals surface area contributed by atoms with Gasteiger partial charge in [0, 0.05) is 0 Å². The fourth-order valence-electron chi connectivity index (χ4n) is 0.202. The Morgan fingerprint density at radius 1 is 1.08 bits per heavy atom. The zero-order chi connectivity index (χ0) is 10.2. The summed E-state index contributed by atoms with van der Waals surface area (Å²) >= 11 is 0. The molecule has 0 aliphatic carbocycles. The van der Waals surface area contributed by atoms with E-state index in [4.69, 9.17) is 0 Å². The first kappa shape index (κ1) is 15.6. The van der Waals surface area contributed by atoms with Crippen LogP contribution in [0.3, 0.4) is 0 Å². The first-order valence-corrected chi connectivity index (χ1v) is 3.54. The van der Waals surface area contributed by atoms with Gasteiger partial charge in [0.1, 0.15) is 0 Å². The van der Waals surface area contributed by atoms with E-state index in [1.54, 1.807) is 0 Å². The summed E-state index contributed by atoms with van der Waals surface area (Å²) < 4.78 is 79.6. The van der Waals surface area contributed by atoms with Crippen LogP contribution in [0.2, 0.25) is 0 Å². The van der Waals surface area contributed by atoms with Crippen LogP contribution >= 0.6 is 0 Å². The summed E-state index contributed by atoms with van der Waals surface area (Å²) in [5.74, 6) is 3.72. The van der Waals surface area contributed by atoms with Gasteiger partial charge in [-0.15, -0.1) is 0 Å². The number of rotatable bonds is 2. The van der Waals surface area contributed by atoms with E-state index in [1.165, 1.54) is 0 Å². The summed E-state index contributed by atoms with van der Waals surface area (Å²) in [6, 6.07) is 0. The summed E-state index contributed by atoms with van der Waals surface area (Å²) in [5.41, 5.74) is 0. The van der Waals surface area contributed by atoms with Crippen LogP contribution in [0.5, 0.6) is 0 Å². The molecule has 13 heavy (non-hydrogen) atoms. The van der Waals surface area contributed by atoms with Crippen molar-refractivity contribution in [3.8, 4) is 0 Å². The fourth-order valence-corrected chi connectivity index (χ4v) is 0.606. The number of hydrogen-bond acceptors (Lipinski definition) is 4. The van der Waals surface area contributed by atoms with Crippen LogP contribution < -0.4 is 5.90 Å². The molecule has 0 atom stereocenters. The van der Waals surface area contributed by atoms with Gasteiger partial charge in [-0.3, -0.25) is 0 Å². The van der Waals surface area contributed by atoms with Crippen LogP contribution in [0.1, 0.15) is 0 Å². The summed E-state index contributed by atoms with van der Waals surface area (Å²) in [4.78, 5) is 0. The summed E-state index contributed by atoms with van der Waals surface area (Å²) in [7, 11) is -6.14. The van der Waals surface area contributed by atoms with E-state index in [2.05, 4.69) is 10.2 Å². The predicted octanol–water partition coefficient (Wildman–Crippen LogP) is -0.287. The number of hydrogen-bond donors (Lipinski definition) is 1. The van der Waals surface area contributed by atoms with Gasteiger partial charge in [0.05, 0.1) is 0 Å². The molecular weight excluding hydrogens is 220 g/mol. The van der Waals surface area contributed by atoms with Crippen LogP contribution in [0.4, 0.5) is 22.0 Å². The molecule has 0 bridgehead atoms. The Balaban J connectivity index is 0. The van der Waals surface area contributed by atoms with Gasteiger partial charge in [-0.25, -0.2) is 0 Å². The van der Waals surface area contributed by atoms with Gasteiger partial charge < -0.3 is 0 Å². The Morgan fingerprint density at radius 3 is 1.46 bits per heavy atom. The molecule has 0 unspecified atom stereocenters. The van der Waals surface area contributed by atoms with E-state index in [0.29, 0.717) is 0 Å². The summed E-state index contributed by atoms with van der Waals surface area (Å²) in [6.45, 7) is 0. The molecule has 0 saturated heterocycles. The van der Waals surface area contributed by atoms with Crippen LogP contribution in [0.15, 0.2) is 0 Å². The first-order chi connectivity index (χ1) is 5.06. The Kier molecular flexibility index (Phi) is 4.91. The van der Waals surface area contributed by atoms with E-state index in [-0.39, 0.29) is 18.9 Å². The molecule has 4 nitrogen and oxygen atoms in total. The third-order valence-corrected chi connectivity index (χ3v) is 1.88. The number of halogens is 5. The van der Waals surface area contributed by atoms with Crippen molar-refractivity contribution in [2.45, 2.75) is 11.4 Å². The SMILES string of the molecule is NOS(=O)(=O)C(F)(F)C(F)(F)F.[LiH]. The number of nitrogens with two attached hydrogens (primary N) is 1. The molecule has 76 valence electrons.